The fourth-order valence-electron chi connectivity index (χ4n) is 5.41. The summed E-state index contributed by atoms with van der Waals surface area (Å²) in [6, 6.07) is 8.97. The summed E-state index contributed by atoms with van der Waals surface area (Å²) in [7, 11) is 3.88. The van der Waals surface area contributed by atoms with Gasteiger partial charge in [0.15, 0.2) is 0 Å². The molecule has 2 aromatic carbocycles. The molecule has 1 amide bonds. The van der Waals surface area contributed by atoms with Gasteiger partial charge in [-0.15, -0.1) is 0 Å². The van der Waals surface area contributed by atoms with Crippen molar-refractivity contribution >= 4 is 33.7 Å². The number of anilines is 1. The minimum atomic E-state index is -0.469. The Morgan fingerprint density at radius 3 is 2.91 bits per heavy atom. The third-order valence-corrected chi connectivity index (χ3v) is 7.22. The van der Waals surface area contributed by atoms with Crippen molar-refractivity contribution in [2.45, 2.75) is 38.6 Å². The molecule has 1 aliphatic rings. The fourth-order valence-corrected chi connectivity index (χ4v) is 5.41. The van der Waals surface area contributed by atoms with Crippen LogP contribution in [0.15, 0.2) is 36.9 Å². The van der Waals surface area contributed by atoms with Crippen molar-refractivity contribution in [1.82, 2.24) is 24.8 Å². The Labute approximate surface area is 199 Å². The molecule has 0 saturated heterocycles. The van der Waals surface area contributed by atoms with Crippen LogP contribution in [0.3, 0.4) is 0 Å². The summed E-state index contributed by atoms with van der Waals surface area (Å²) >= 11 is 0. The number of aromatic amines is 1. The quantitative estimate of drug-likeness (QED) is 0.386. The Bertz CT molecular complexity index is 1340. The second kappa shape index (κ2) is 9.10. The SMILES string of the molecule is CNCCN(C)c1cc(-c2ccc3c(c2)ncn3[C@H]2CCC[C@H](C)C2)c2nc[nH]c2c1C(N)=O. The van der Waals surface area contributed by atoms with Crippen LogP contribution in [0.1, 0.15) is 49.0 Å². The lowest BCUT2D eigenvalue weighted by atomic mass is 9.87. The normalized spacial score (nSPS) is 18.6. The summed E-state index contributed by atoms with van der Waals surface area (Å²) in [6.45, 7) is 3.87. The van der Waals surface area contributed by atoms with Gasteiger partial charge in [0.05, 0.1) is 46.0 Å². The Morgan fingerprint density at radius 2 is 2.15 bits per heavy atom. The van der Waals surface area contributed by atoms with Crippen LogP contribution in [0.5, 0.6) is 0 Å². The molecule has 0 radical (unpaired) electrons. The molecule has 5 rings (SSSR count). The second-order valence-corrected chi connectivity index (χ2v) is 9.61. The molecule has 2 atom stereocenters. The third kappa shape index (κ3) is 3.92. The van der Waals surface area contributed by atoms with Gasteiger partial charge in [0.1, 0.15) is 0 Å². The van der Waals surface area contributed by atoms with E-state index in [1.165, 1.54) is 31.2 Å². The molecular formula is C26H33N7O. The van der Waals surface area contributed by atoms with Crippen molar-refractivity contribution in [2.75, 3.05) is 32.1 Å². The number of nitrogens with two attached hydrogens (primary N) is 1. The maximum Gasteiger partial charge on any atom is 0.253 e. The average Bonchev–Trinajstić information content (AvgIpc) is 3.48. The molecule has 1 aliphatic carbocycles. The molecule has 1 saturated carbocycles. The number of imidazole rings is 2. The van der Waals surface area contributed by atoms with Gasteiger partial charge in [-0.3, -0.25) is 4.79 Å². The largest absolute Gasteiger partial charge is 0.373 e. The summed E-state index contributed by atoms with van der Waals surface area (Å²) in [5.74, 6) is 0.286. The third-order valence-electron chi connectivity index (χ3n) is 7.22. The van der Waals surface area contributed by atoms with Crippen LogP contribution in [0.4, 0.5) is 5.69 Å². The number of rotatable bonds is 7. The number of hydrogen-bond donors (Lipinski definition) is 3. The van der Waals surface area contributed by atoms with E-state index in [1.807, 2.05) is 26.5 Å². The molecule has 0 aliphatic heterocycles. The van der Waals surface area contributed by atoms with E-state index in [2.05, 4.69) is 49.9 Å². The first-order valence-electron chi connectivity index (χ1n) is 12.1. The maximum absolute atomic E-state index is 12.4. The lowest BCUT2D eigenvalue weighted by Gasteiger charge is -2.28. The summed E-state index contributed by atoms with van der Waals surface area (Å²) in [5.41, 5.74) is 12.6. The number of nitrogens with zero attached hydrogens (tertiary/aromatic N) is 4. The van der Waals surface area contributed by atoms with Crippen LogP contribution in [0, 0.1) is 5.92 Å². The molecule has 0 unspecified atom stereocenters. The first-order valence-corrected chi connectivity index (χ1v) is 12.1. The number of aromatic nitrogens is 4. The van der Waals surface area contributed by atoms with Gasteiger partial charge < -0.3 is 25.5 Å². The van der Waals surface area contributed by atoms with E-state index < -0.39 is 5.91 Å². The number of carbonyl (C=O) groups is 1. The van der Waals surface area contributed by atoms with Crippen molar-refractivity contribution in [3.8, 4) is 11.1 Å². The number of primary amides is 1. The topological polar surface area (TPSA) is 105 Å². The zero-order valence-corrected chi connectivity index (χ0v) is 20.1. The lowest BCUT2D eigenvalue weighted by molar-refractivity contribution is 0.100. The molecule has 2 heterocycles. The molecule has 0 spiro atoms. The van der Waals surface area contributed by atoms with Gasteiger partial charge in [0.2, 0.25) is 0 Å². The summed E-state index contributed by atoms with van der Waals surface area (Å²) in [5, 5.41) is 3.16. The number of carbonyl (C=O) groups excluding carboxylic acids is 1. The van der Waals surface area contributed by atoms with Crippen LogP contribution in [0.25, 0.3) is 33.2 Å². The summed E-state index contributed by atoms with van der Waals surface area (Å²) in [6.07, 6.45) is 8.63. The van der Waals surface area contributed by atoms with Crippen molar-refractivity contribution in [3.63, 3.8) is 0 Å². The van der Waals surface area contributed by atoms with E-state index in [1.54, 1.807) is 6.33 Å². The molecule has 178 valence electrons. The predicted molar refractivity (Wildman–Crippen MR) is 137 cm³/mol. The van der Waals surface area contributed by atoms with Gasteiger partial charge in [-0.2, -0.15) is 0 Å². The minimum absolute atomic E-state index is 0.464. The fraction of sp³-hybridized carbons (Fsp3) is 0.423. The number of H-pyrrole nitrogens is 1. The predicted octanol–water partition coefficient (Wildman–Crippen LogP) is 4.09. The lowest BCUT2D eigenvalue weighted by Crippen LogP contribution is -2.29. The highest BCUT2D eigenvalue weighted by Crippen LogP contribution is 2.38. The molecule has 1 fully saturated rings. The number of likely N-dealkylation sites (N-methyl/N-ethyl adjacent to an activating group) is 2. The van der Waals surface area contributed by atoms with E-state index >= 15 is 0 Å². The molecule has 2 aromatic heterocycles. The molecule has 4 N–H and O–H groups in total. The van der Waals surface area contributed by atoms with Crippen molar-refractivity contribution in [1.29, 1.82) is 0 Å². The van der Waals surface area contributed by atoms with Crippen molar-refractivity contribution in [2.24, 2.45) is 11.7 Å². The van der Waals surface area contributed by atoms with E-state index in [4.69, 9.17) is 10.7 Å². The smallest absolute Gasteiger partial charge is 0.253 e. The highest BCUT2D eigenvalue weighted by Gasteiger charge is 2.24. The van der Waals surface area contributed by atoms with E-state index in [-0.39, 0.29) is 0 Å². The Kier molecular flexibility index (Phi) is 6.00. The minimum Gasteiger partial charge on any atom is -0.373 e. The number of fused-ring (bicyclic) bond motifs is 2. The number of amides is 1. The first kappa shape index (κ1) is 22.4. The van der Waals surface area contributed by atoms with Gasteiger partial charge in [-0.25, -0.2) is 9.97 Å². The highest BCUT2D eigenvalue weighted by atomic mass is 16.1. The van der Waals surface area contributed by atoms with Gasteiger partial charge in [0.25, 0.3) is 5.91 Å². The molecule has 4 aromatic rings. The Morgan fingerprint density at radius 1 is 1.29 bits per heavy atom. The molecule has 8 heteroatoms. The number of benzene rings is 2. The first-order chi connectivity index (χ1) is 16.5. The summed E-state index contributed by atoms with van der Waals surface area (Å²) < 4.78 is 2.35. The molecule has 34 heavy (non-hydrogen) atoms. The van der Waals surface area contributed by atoms with Gasteiger partial charge in [-0.1, -0.05) is 25.8 Å². The van der Waals surface area contributed by atoms with E-state index in [9.17, 15) is 4.79 Å². The van der Waals surface area contributed by atoms with Crippen LogP contribution < -0.4 is 16.0 Å². The Balaban J connectivity index is 1.61. The van der Waals surface area contributed by atoms with Gasteiger partial charge >= 0.3 is 0 Å². The van der Waals surface area contributed by atoms with Crippen molar-refractivity contribution < 1.29 is 4.79 Å². The van der Waals surface area contributed by atoms with Crippen LogP contribution in [0.2, 0.25) is 0 Å². The maximum atomic E-state index is 12.4. The average molecular weight is 460 g/mol. The zero-order chi connectivity index (χ0) is 23.8. The molecule has 0 bridgehead atoms. The monoisotopic (exact) mass is 459 g/mol. The molecule has 8 nitrogen and oxygen atoms in total. The highest BCUT2D eigenvalue weighted by molar-refractivity contribution is 6.13. The molecular weight excluding hydrogens is 426 g/mol. The zero-order valence-electron chi connectivity index (χ0n) is 20.1. The van der Waals surface area contributed by atoms with Gasteiger partial charge in [-0.05, 0) is 49.6 Å². The standard InChI is InChI=1S/C26H33N7O/c1-16-5-4-6-18(11-16)33-15-31-20-12-17(7-8-21(20)33)19-13-22(32(3)10-9-28-2)23(26(27)34)25-24(19)29-14-30-25/h7-8,12-16,18,28H,4-6,9-11H2,1-3H3,(H2,27,34)(H,29,30)/t16-,18-/m0/s1. The number of hydrogen-bond acceptors (Lipinski definition) is 5. The van der Waals surface area contributed by atoms with Crippen LogP contribution in [-0.4, -0.2) is 52.6 Å². The second-order valence-electron chi connectivity index (χ2n) is 9.61. The van der Waals surface area contributed by atoms with Crippen LogP contribution in [-0.2, 0) is 0 Å². The van der Waals surface area contributed by atoms with E-state index in [0.717, 1.165) is 46.9 Å². The number of nitrogens with one attached hydrogen (secondary N) is 2. The Hall–Kier alpha value is -3.39. The van der Waals surface area contributed by atoms with Crippen molar-refractivity contribution in [3.05, 3.63) is 42.5 Å². The van der Waals surface area contributed by atoms with Gasteiger partial charge in [0, 0.05) is 31.7 Å². The summed E-state index contributed by atoms with van der Waals surface area (Å²) in [4.78, 5) is 26.9. The van der Waals surface area contributed by atoms with Crippen LogP contribution >= 0.6 is 0 Å². The van der Waals surface area contributed by atoms with E-state index in [0.29, 0.717) is 17.1 Å².